The third-order valence-electron chi connectivity index (χ3n) is 5.34. The molecule has 0 radical (unpaired) electrons. The first kappa shape index (κ1) is 17.5. The van der Waals surface area contributed by atoms with Crippen molar-refractivity contribution >= 4 is 10.0 Å². The van der Waals surface area contributed by atoms with Crippen molar-refractivity contribution in [1.29, 1.82) is 0 Å². The summed E-state index contributed by atoms with van der Waals surface area (Å²) in [5.74, 6) is 1.17. The molecular formula is C17H26N2O5S. The molecule has 0 N–H and O–H groups in total. The van der Waals surface area contributed by atoms with Crippen molar-refractivity contribution in [3.05, 3.63) is 17.9 Å². The van der Waals surface area contributed by atoms with Gasteiger partial charge in [0.25, 0.3) is 10.0 Å². The van der Waals surface area contributed by atoms with Crippen LogP contribution in [0, 0.1) is 5.92 Å². The lowest BCUT2D eigenvalue weighted by Gasteiger charge is -2.33. The van der Waals surface area contributed by atoms with E-state index in [9.17, 15) is 8.42 Å². The molecule has 3 saturated heterocycles. The Morgan fingerprint density at radius 3 is 2.36 bits per heavy atom. The molecule has 0 saturated carbocycles. The SMILES string of the molecule is O=S(=O)(c1ccc(CN2CCC(C3OCCO3)CC2)o1)N1CCCC1. The van der Waals surface area contributed by atoms with Gasteiger partial charge < -0.3 is 13.9 Å². The molecule has 0 aromatic carbocycles. The van der Waals surface area contributed by atoms with Gasteiger partial charge in [-0.05, 0) is 50.9 Å². The van der Waals surface area contributed by atoms with E-state index in [1.807, 2.05) is 0 Å². The molecule has 0 amide bonds. The Bertz CT molecular complexity index is 669. The highest BCUT2D eigenvalue weighted by molar-refractivity contribution is 7.89. The van der Waals surface area contributed by atoms with Gasteiger partial charge in [-0.2, -0.15) is 4.31 Å². The molecule has 3 fully saturated rings. The molecular weight excluding hydrogens is 344 g/mol. The van der Waals surface area contributed by atoms with E-state index in [0.717, 1.165) is 38.8 Å². The Morgan fingerprint density at radius 2 is 1.68 bits per heavy atom. The molecule has 0 spiro atoms. The maximum absolute atomic E-state index is 12.5. The second kappa shape index (κ2) is 7.36. The average molecular weight is 370 g/mol. The van der Waals surface area contributed by atoms with Crippen LogP contribution in [0.5, 0.6) is 0 Å². The molecule has 3 aliphatic rings. The number of likely N-dealkylation sites (tertiary alicyclic amines) is 1. The second-order valence-corrected chi connectivity index (χ2v) is 8.92. The fourth-order valence-corrected chi connectivity index (χ4v) is 5.34. The van der Waals surface area contributed by atoms with Crippen LogP contribution in [0.3, 0.4) is 0 Å². The standard InChI is InChI=1S/C17H26N2O5S/c20-25(21,19-7-1-2-8-19)16-4-3-15(24-16)13-18-9-5-14(6-10-18)17-22-11-12-23-17/h3-4,14,17H,1-2,5-13H2. The van der Waals surface area contributed by atoms with E-state index >= 15 is 0 Å². The normalized spacial score (nSPS) is 25.1. The lowest BCUT2D eigenvalue weighted by Crippen LogP contribution is -2.37. The first-order valence-corrected chi connectivity index (χ1v) is 10.6. The van der Waals surface area contributed by atoms with Gasteiger partial charge in [0, 0.05) is 19.0 Å². The zero-order chi connectivity index (χ0) is 17.3. The molecule has 25 heavy (non-hydrogen) atoms. The number of hydrogen-bond donors (Lipinski definition) is 0. The number of sulfonamides is 1. The molecule has 0 aliphatic carbocycles. The minimum atomic E-state index is -3.46. The first-order valence-electron chi connectivity index (χ1n) is 9.17. The quantitative estimate of drug-likeness (QED) is 0.785. The Labute approximate surface area is 148 Å². The summed E-state index contributed by atoms with van der Waals surface area (Å²) in [5, 5.41) is 0.0760. The smallest absolute Gasteiger partial charge is 0.276 e. The van der Waals surface area contributed by atoms with Gasteiger partial charge >= 0.3 is 0 Å². The molecule has 0 unspecified atom stereocenters. The first-order chi connectivity index (χ1) is 12.1. The van der Waals surface area contributed by atoms with Crippen molar-refractivity contribution in [1.82, 2.24) is 9.21 Å². The summed E-state index contributed by atoms with van der Waals surface area (Å²) >= 11 is 0. The highest BCUT2D eigenvalue weighted by Crippen LogP contribution is 2.28. The van der Waals surface area contributed by atoms with Crippen LogP contribution in [0.25, 0.3) is 0 Å². The molecule has 1 aromatic heterocycles. The third-order valence-corrected chi connectivity index (χ3v) is 7.11. The summed E-state index contributed by atoms with van der Waals surface area (Å²) in [4.78, 5) is 2.30. The largest absolute Gasteiger partial charge is 0.447 e. The molecule has 1 aromatic rings. The van der Waals surface area contributed by atoms with Crippen molar-refractivity contribution < 1.29 is 22.3 Å². The Balaban J connectivity index is 1.32. The zero-order valence-electron chi connectivity index (χ0n) is 14.4. The maximum Gasteiger partial charge on any atom is 0.276 e. The van der Waals surface area contributed by atoms with Crippen molar-refractivity contribution in [3.63, 3.8) is 0 Å². The Hall–Kier alpha value is -0.930. The monoisotopic (exact) mass is 370 g/mol. The molecule has 7 nitrogen and oxygen atoms in total. The molecule has 0 atom stereocenters. The van der Waals surface area contributed by atoms with E-state index in [-0.39, 0.29) is 11.4 Å². The van der Waals surface area contributed by atoms with Crippen LogP contribution >= 0.6 is 0 Å². The third kappa shape index (κ3) is 3.78. The Morgan fingerprint density at radius 1 is 1.00 bits per heavy atom. The molecule has 4 rings (SSSR count). The van der Waals surface area contributed by atoms with Gasteiger partial charge in [0.2, 0.25) is 5.09 Å². The number of rotatable bonds is 5. The van der Waals surface area contributed by atoms with Crippen molar-refractivity contribution in [2.75, 3.05) is 39.4 Å². The molecule has 0 bridgehead atoms. The number of ether oxygens (including phenoxy) is 2. The van der Waals surface area contributed by atoms with Gasteiger partial charge in [-0.25, -0.2) is 8.42 Å². The summed E-state index contributed by atoms with van der Waals surface area (Å²) in [6, 6.07) is 3.38. The maximum atomic E-state index is 12.5. The number of nitrogens with zero attached hydrogens (tertiary/aromatic N) is 2. The fourth-order valence-electron chi connectivity index (χ4n) is 3.89. The number of furan rings is 1. The zero-order valence-corrected chi connectivity index (χ0v) is 15.2. The van der Waals surface area contributed by atoms with E-state index in [1.54, 1.807) is 12.1 Å². The van der Waals surface area contributed by atoms with Crippen LogP contribution in [0.4, 0.5) is 0 Å². The highest BCUT2D eigenvalue weighted by atomic mass is 32.2. The van der Waals surface area contributed by atoms with E-state index in [2.05, 4.69) is 4.90 Å². The van der Waals surface area contributed by atoms with Crippen LogP contribution in [-0.2, 0) is 26.0 Å². The van der Waals surface area contributed by atoms with Crippen LogP contribution in [0.15, 0.2) is 21.6 Å². The van der Waals surface area contributed by atoms with Gasteiger partial charge in [-0.1, -0.05) is 0 Å². The minimum absolute atomic E-state index is 0.0389. The average Bonchev–Trinajstić information content (AvgIpc) is 3.37. The molecule has 3 aliphatic heterocycles. The summed E-state index contributed by atoms with van der Waals surface area (Å²) in [7, 11) is -3.46. The number of piperidine rings is 1. The number of hydrogen-bond acceptors (Lipinski definition) is 6. The van der Waals surface area contributed by atoms with Crippen LogP contribution in [-0.4, -0.2) is 63.3 Å². The highest BCUT2D eigenvalue weighted by Gasteiger charge is 2.32. The van der Waals surface area contributed by atoms with Gasteiger partial charge in [0.15, 0.2) is 6.29 Å². The summed E-state index contributed by atoms with van der Waals surface area (Å²) in [6.07, 6.45) is 3.88. The summed E-state index contributed by atoms with van der Waals surface area (Å²) in [6.45, 7) is 5.13. The molecule has 8 heteroatoms. The van der Waals surface area contributed by atoms with E-state index < -0.39 is 10.0 Å². The van der Waals surface area contributed by atoms with Crippen LogP contribution in [0.2, 0.25) is 0 Å². The van der Waals surface area contributed by atoms with Gasteiger partial charge in [0.05, 0.1) is 19.8 Å². The topological polar surface area (TPSA) is 72.2 Å². The summed E-state index contributed by atoms with van der Waals surface area (Å²) in [5.41, 5.74) is 0. The van der Waals surface area contributed by atoms with Crippen molar-refractivity contribution in [3.8, 4) is 0 Å². The van der Waals surface area contributed by atoms with Crippen molar-refractivity contribution in [2.45, 2.75) is 43.6 Å². The van der Waals surface area contributed by atoms with Gasteiger partial charge in [-0.3, -0.25) is 4.90 Å². The minimum Gasteiger partial charge on any atom is -0.447 e. The molecule has 4 heterocycles. The van der Waals surface area contributed by atoms with E-state index in [4.69, 9.17) is 13.9 Å². The lowest BCUT2D eigenvalue weighted by atomic mass is 9.96. The predicted octanol–water partition coefficient (Wildman–Crippen LogP) is 1.65. The van der Waals surface area contributed by atoms with E-state index in [0.29, 0.717) is 44.5 Å². The second-order valence-electron chi connectivity index (χ2n) is 7.06. The van der Waals surface area contributed by atoms with Crippen LogP contribution < -0.4 is 0 Å². The van der Waals surface area contributed by atoms with E-state index in [1.165, 1.54) is 4.31 Å². The van der Waals surface area contributed by atoms with Crippen molar-refractivity contribution in [2.24, 2.45) is 5.92 Å². The van der Waals surface area contributed by atoms with Gasteiger partial charge in [-0.15, -0.1) is 0 Å². The van der Waals surface area contributed by atoms with Gasteiger partial charge in [0.1, 0.15) is 5.76 Å². The predicted molar refractivity (Wildman–Crippen MR) is 90.4 cm³/mol. The summed E-state index contributed by atoms with van der Waals surface area (Å²) < 4.78 is 43.4. The van der Waals surface area contributed by atoms with Crippen LogP contribution in [0.1, 0.15) is 31.4 Å². The Kier molecular flexibility index (Phi) is 5.15. The lowest BCUT2D eigenvalue weighted by molar-refractivity contribution is -0.0980. The molecule has 140 valence electrons. The fraction of sp³-hybridized carbons (Fsp3) is 0.765.